The van der Waals surface area contributed by atoms with E-state index in [1.165, 1.54) is 24.3 Å². The first-order chi connectivity index (χ1) is 16.1. The number of unbranched alkanes of at least 4 members (excludes halogenated alkanes) is 1. The maximum absolute atomic E-state index is 13.4. The lowest BCUT2D eigenvalue weighted by Crippen LogP contribution is -2.51. The van der Waals surface area contributed by atoms with E-state index in [2.05, 4.69) is 0 Å². The summed E-state index contributed by atoms with van der Waals surface area (Å²) in [6.45, 7) is 7.46. The predicted molar refractivity (Wildman–Crippen MR) is 127 cm³/mol. The van der Waals surface area contributed by atoms with Crippen molar-refractivity contribution in [1.29, 1.82) is 0 Å². The van der Waals surface area contributed by atoms with Gasteiger partial charge >= 0.3 is 6.09 Å². The lowest BCUT2D eigenvalue weighted by molar-refractivity contribution is -0.133. The van der Waals surface area contributed by atoms with Crippen molar-refractivity contribution in [3.05, 3.63) is 71.3 Å². The Morgan fingerprint density at radius 1 is 0.824 bits per heavy atom. The van der Waals surface area contributed by atoms with Gasteiger partial charge in [0.2, 0.25) is 5.91 Å². The molecule has 5 nitrogen and oxygen atoms in total. The Kier molecular flexibility index (Phi) is 8.64. The third-order valence-electron chi connectivity index (χ3n) is 5.96. The maximum Gasteiger partial charge on any atom is 0.410 e. The van der Waals surface area contributed by atoms with Crippen molar-refractivity contribution in [2.24, 2.45) is 0 Å². The van der Waals surface area contributed by atoms with Crippen molar-refractivity contribution in [3.63, 3.8) is 0 Å². The average Bonchev–Trinajstić information content (AvgIpc) is 2.79. The molecule has 34 heavy (non-hydrogen) atoms. The monoisotopic (exact) mass is 472 g/mol. The number of rotatable bonds is 7. The first kappa shape index (κ1) is 25.7. The molecule has 7 heteroatoms. The van der Waals surface area contributed by atoms with Crippen LogP contribution in [0.25, 0.3) is 0 Å². The molecule has 2 amide bonds. The van der Waals surface area contributed by atoms with Crippen molar-refractivity contribution in [1.82, 2.24) is 9.80 Å². The minimum absolute atomic E-state index is 0.00803. The zero-order valence-electron chi connectivity index (χ0n) is 20.2. The summed E-state index contributed by atoms with van der Waals surface area (Å²) in [7, 11) is 0. The summed E-state index contributed by atoms with van der Waals surface area (Å²) in [6.07, 6.45) is 2.41. The molecule has 1 heterocycles. The molecule has 2 aromatic rings. The van der Waals surface area contributed by atoms with Crippen LogP contribution >= 0.6 is 0 Å². The molecule has 0 atom stereocenters. The van der Waals surface area contributed by atoms with E-state index >= 15 is 0 Å². The first-order valence-electron chi connectivity index (χ1n) is 11.9. The average molecular weight is 473 g/mol. The van der Waals surface area contributed by atoms with Crippen LogP contribution in [-0.2, 0) is 9.53 Å². The summed E-state index contributed by atoms with van der Waals surface area (Å²) < 4.78 is 32.2. The molecule has 0 radical (unpaired) electrons. The molecule has 0 unspecified atom stereocenters. The molecule has 0 spiro atoms. The third kappa shape index (κ3) is 7.54. The predicted octanol–water partition coefficient (Wildman–Crippen LogP) is 5.74. The topological polar surface area (TPSA) is 49.9 Å². The van der Waals surface area contributed by atoms with Crippen LogP contribution in [0.2, 0.25) is 0 Å². The highest BCUT2D eigenvalue weighted by molar-refractivity contribution is 5.76. The summed E-state index contributed by atoms with van der Waals surface area (Å²) in [5, 5.41) is 0. The van der Waals surface area contributed by atoms with Gasteiger partial charge in [0.15, 0.2) is 0 Å². The van der Waals surface area contributed by atoms with Crippen LogP contribution in [0.1, 0.15) is 63.5 Å². The van der Waals surface area contributed by atoms with Gasteiger partial charge in [0.25, 0.3) is 0 Å². The van der Waals surface area contributed by atoms with E-state index in [4.69, 9.17) is 4.74 Å². The Labute approximate surface area is 200 Å². The minimum Gasteiger partial charge on any atom is -0.444 e. The number of ether oxygens (including phenoxy) is 1. The smallest absolute Gasteiger partial charge is 0.410 e. The van der Waals surface area contributed by atoms with Crippen LogP contribution in [0.3, 0.4) is 0 Å². The SMILES string of the molecule is CC(C)(C)OC(=O)N1CCN(C(=O)CCCCC(c2ccc(F)cc2)c2ccc(F)cc2)CC1. The van der Waals surface area contributed by atoms with Crippen molar-refractivity contribution >= 4 is 12.0 Å². The molecule has 3 rings (SSSR count). The number of carbonyl (C=O) groups excluding carboxylic acids is 2. The van der Waals surface area contributed by atoms with Crippen molar-refractivity contribution in [3.8, 4) is 0 Å². The quantitative estimate of drug-likeness (QED) is 0.483. The van der Waals surface area contributed by atoms with E-state index in [1.807, 2.05) is 20.8 Å². The summed E-state index contributed by atoms with van der Waals surface area (Å²) in [5.74, 6) is -0.490. The van der Waals surface area contributed by atoms with Crippen LogP contribution in [0.15, 0.2) is 48.5 Å². The molecule has 0 N–H and O–H groups in total. The molecule has 0 saturated carbocycles. The molecule has 0 bridgehead atoms. The molecule has 1 saturated heterocycles. The second-order valence-corrected chi connectivity index (χ2v) is 9.75. The maximum atomic E-state index is 13.4. The Balaban J connectivity index is 1.48. The molecule has 1 aliphatic rings. The van der Waals surface area contributed by atoms with Gasteiger partial charge in [0.05, 0.1) is 0 Å². The van der Waals surface area contributed by atoms with E-state index in [-0.39, 0.29) is 29.6 Å². The second-order valence-electron chi connectivity index (χ2n) is 9.75. The number of benzene rings is 2. The fraction of sp³-hybridized carbons (Fsp3) is 0.481. The summed E-state index contributed by atoms with van der Waals surface area (Å²) in [6, 6.07) is 12.8. The van der Waals surface area contributed by atoms with Gasteiger partial charge in [0, 0.05) is 38.5 Å². The highest BCUT2D eigenvalue weighted by Crippen LogP contribution is 2.30. The Hall–Kier alpha value is -2.96. The number of hydrogen-bond donors (Lipinski definition) is 0. The zero-order valence-corrected chi connectivity index (χ0v) is 20.2. The number of hydrogen-bond acceptors (Lipinski definition) is 3. The van der Waals surface area contributed by atoms with Crippen molar-refractivity contribution in [2.75, 3.05) is 26.2 Å². The highest BCUT2D eigenvalue weighted by atomic mass is 19.1. The van der Waals surface area contributed by atoms with E-state index in [1.54, 1.807) is 34.1 Å². The number of halogens is 2. The van der Waals surface area contributed by atoms with Gasteiger partial charge in [-0.25, -0.2) is 13.6 Å². The van der Waals surface area contributed by atoms with Gasteiger partial charge in [-0.1, -0.05) is 30.7 Å². The molecular weight excluding hydrogens is 438 g/mol. The molecule has 1 fully saturated rings. The van der Waals surface area contributed by atoms with Crippen LogP contribution in [0, 0.1) is 11.6 Å². The van der Waals surface area contributed by atoms with Crippen LogP contribution in [-0.4, -0.2) is 53.6 Å². The number of piperazine rings is 1. The Bertz CT molecular complexity index is 902. The minimum atomic E-state index is -0.538. The van der Waals surface area contributed by atoms with E-state index in [0.717, 1.165) is 30.4 Å². The molecule has 1 aliphatic heterocycles. The number of carbonyl (C=O) groups is 2. The standard InChI is InChI=1S/C27H34F2N2O3/c1-27(2,3)34-26(33)31-18-16-30(17-19-31)25(32)7-5-4-6-24(20-8-12-22(28)13-9-20)21-10-14-23(29)15-11-21/h8-15,24H,4-7,16-19H2,1-3H3. The van der Waals surface area contributed by atoms with Gasteiger partial charge < -0.3 is 14.5 Å². The molecule has 0 aliphatic carbocycles. The second kappa shape index (κ2) is 11.4. The van der Waals surface area contributed by atoms with Crippen LogP contribution in [0.5, 0.6) is 0 Å². The molecular formula is C27H34F2N2O3. The fourth-order valence-electron chi connectivity index (χ4n) is 4.16. The van der Waals surface area contributed by atoms with Gasteiger partial charge in [-0.05, 0) is 69.0 Å². The fourth-order valence-corrected chi connectivity index (χ4v) is 4.16. The highest BCUT2D eigenvalue weighted by Gasteiger charge is 2.27. The van der Waals surface area contributed by atoms with Gasteiger partial charge in [-0.3, -0.25) is 4.79 Å². The van der Waals surface area contributed by atoms with E-state index in [9.17, 15) is 18.4 Å². The number of nitrogens with zero attached hydrogens (tertiary/aromatic N) is 2. The summed E-state index contributed by atoms with van der Waals surface area (Å²) in [4.78, 5) is 28.3. The molecule has 2 aromatic carbocycles. The van der Waals surface area contributed by atoms with Gasteiger partial charge in [-0.15, -0.1) is 0 Å². The Morgan fingerprint density at radius 3 is 1.76 bits per heavy atom. The van der Waals surface area contributed by atoms with Gasteiger partial charge in [-0.2, -0.15) is 0 Å². The summed E-state index contributed by atoms with van der Waals surface area (Å²) in [5.41, 5.74) is 1.40. The van der Waals surface area contributed by atoms with Gasteiger partial charge in [0.1, 0.15) is 17.2 Å². The number of amides is 2. The lowest BCUT2D eigenvalue weighted by Gasteiger charge is -2.35. The van der Waals surface area contributed by atoms with Crippen LogP contribution < -0.4 is 0 Å². The van der Waals surface area contributed by atoms with Crippen LogP contribution in [0.4, 0.5) is 13.6 Å². The van der Waals surface area contributed by atoms with E-state index < -0.39 is 5.60 Å². The largest absolute Gasteiger partial charge is 0.444 e. The normalized spacial score (nSPS) is 14.4. The Morgan fingerprint density at radius 2 is 1.29 bits per heavy atom. The first-order valence-corrected chi connectivity index (χ1v) is 11.9. The zero-order chi connectivity index (χ0) is 24.7. The molecule has 184 valence electrons. The third-order valence-corrected chi connectivity index (χ3v) is 5.96. The van der Waals surface area contributed by atoms with Crippen molar-refractivity contribution in [2.45, 2.75) is 58.0 Å². The lowest BCUT2D eigenvalue weighted by atomic mass is 9.87. The summed E-state index contributed by atoms with van der Waals surface area (Å²) >= 11 is 0. The van der Waals surface area contributed by atoms with Crippen molar-refractivity contribution < 1.29 is 23.1 Å². The van der Waals surface area contributed by atoms with E-state index in [0.29, 0.717) is 32.6 Å². The molecule has 0 aromatic heterocycles.